The molecule has 2 N–H and O–H groups in total. The molecule has 0 bridgehead atoms. The quantitative estimate of drug-likeness (QED) is 0.815. The van der Waals surface area contributed by atoms with Gasteiger partial charge >= 0.3 is 0 Å². The molecule has 0 spiro atoms. The Morgan fingerprint density at radius 3 is 2.88 bits per heavy atom. The molecule has 16 heavy (non-hydrogen) atoms. The summed E-state index contributed by atoms with van der Waals surface area (Å²) in [5.41, 5.74) is 7.39. The van der Waals surface area contributed by atoms with Gasteiger partial charge in [0.05, 0.1) is 0 Å². The van der Waals surface area contributed by atoms with Crippen molar-refractivity contribution in [3.05, 3.63) is 29.3 Å². The average molecular weight is 239 g/mol. The van der Waals surface area contributed by atoms with E-state index in [2.05, 4.69) is 24.8 Å². The number of piperidine rings is 1. The van der Waals surface area contributed by atoms with Crippen LogP contribution in [0.25, 0.3) is 0 Å². The van der Waals surface area contributed by atoms with E-state index in [0.717, 1.165) is 24.4 Å². The van der Waals surface area contributed by atoms with E-state index < -0.39 is 0 Å². The molecule has 1 heterocycles. The van der Waals surface area contributed by atoms with Crippen LogP contribution in [-0.4, -0.2) is 18.1 Å². The van der Waals surface area contributed by atoms with Gasteiger partial charge in [0.1, 0.15) is 0 Å². The fourth-order valence-electron chi connectivity index (χ4n) is 2.35. The summed E-state index contributed by atoms with van der Waals surface area (Å²) in [5.74, 6) is 0. The lowest BCUT2D eigenvalue weighted by Crippen LogP contribution is -2.54. The van der Waals surface area contributed by atoms with Gasteiger partial charge < -0.3 is 10.6 Å². The lowest BCUT2D eigenvalue weighted by Gasteiger charge is -2.46. The van der Waals surface area contributed by atoms with Gasteiger partial charge in [-0.05, 0) is 44.9 Å². The molecule has 1 aromatic rings. The monoisotopic (exact) mass is 238 g/mol. The highest BCUT2D eigenvalue weighted by molar-refractivity contribution is 6.30. The number of hydrogen-bond acceptors (Lipinski definition) is 2. The van der Waals surface area contributed by atoms with Crippen LogP contribution >= 0.6 is 11.6 Å². The largest absolute Gasteiger partial charge is 0.365 e. The summed E-state index contributed by atoms with van der Waals surface area (Å²) in [6.07, 6.45) is 2.23. The second-order valence-corrected chi connectivity index (χ2v) is 5.64. The Kier molecular flexibility index (Phi) is 3.13. The Bertz CT molecular complexity index is 376. The first-order valence-corrected chi connectivity index (χ1v) is 6.16. The normalized spacial score (nSPS) is 24.5. The van der Waals surface area contributed by atoms with Crippen LogP contribution in [0.1, 0.15) is 26.7 Å². The van der Waals surface area contributed by atoms with Gasteiger partial charge in [-0.15, -0.1) is 0 Å². The molecular formula is C13H19ClN2. The van der Waals surface area contributed by atoms with Crippen molar-refractivity contribution in [3.8, 4) is 0 Å². The van der Waals surface area contributed by atoms with Gasteiger partial charge in [0.25, 0.3) is 0 Å². The molecule has 88 valence electrons. The SMILES string of the molecule is CC1(C)CCC(N)CN1c1cccc(Cl)c1. The number of halogens is 1. The zero-order valence-corrected chi connectivity index (χ0v) is 10.7. The van der Waals surface area contributed by atoms with E-state index >= 15 is 0 Å². The smallest absolute Gasteiger partial charge is 0.0426 e. The summed E-state index contributed by atoms with van der Waals surface area (Å²) >= 11 is 6.04. The first-order valence-electron chi connectivity index (χ1n) is 5.78. The fraction of sp³-hybridized carbons (Fsp3) is 0.538. The van der Waals surface area contributed by atoms with E-state index in [1.807, 2.05) is 18.2 Å². The highest BCUT2D eigenvalue weighted by Crippen LogP contribution is 2.33. The van der Waals surface area contributed by atoms with E-state index in [-0.39, 0.29) is 11.6 Å². The number of nitrogens with zero attached hydrogens (tertiary/aromatic N) is 1. The number of anilines is 1. The molecule has 2 nitrogen and oxygen atoms in total. The predicted octanol–water partition coefficient (Wildman–Crippen LogP) is 3.05. The third kappa shape index (κ3) is 2.33. The van der Waals surface area contributed by atoms with Gasteiger partial charge in [0.15, 0.2) is 0 Å². The molecule has 1 unspecified atom stereocenters. The van der Waals surface area contributed by atoms with Crippen LogP contribution in [0, 0.1) is 0 Å². The highest BCUT2D eigenvalue weighted by atomic mass is 35.5. The molecule has 0 amide bonds. The first-order chi connectivity index (χ1) is 7.49. The summed E-state index contributed by atoms with van der Waals surface area (Å²) in [6.45, 7) is 5.44. The maximum atomic E-state index is 6.05. The van der Waals surface area contributed by atoms with Crippen molar-refractivity contribution in [1.82, 2.24) is 0 Å². The molecule has 1 aliphatic rings. The van der Waals surface area contributed by atoms with Crippen LogP contribution in [0.5, 0.6) is 0 Å². The minimum Gasteiger partial charge on any atom is -0.365 e. The van der Waals surface area contributed by atoms with E-state index in [1.54, 1.807) is 0 Å². The van der Waals surface area contributed by atoms with Crippen molar-refractivity contribution < 1.29 is 0 Å². The minimum absolute atomic E-state index is 0.167. The molecule has 1 fully saturated rings. The van der Waals surface area contributed by atoms with Crippen molar-refractivity contribution in [3.63, 3.8) is 0 Å². The number of benzene rings is 1. The molecule has 2 rings (SSSR count). The number of hydrogen-bond donors (Lipinski definition) is 1. The molecule has 1 atom stereocenters. The van der Waals surface area contributed by atoms with E-state index in [1.165, 1.54) is 5.69 Å². The average Bonchev–Trinajstić information content (AvgIpc) is 2.22. The molecule has 0 aliphatic carbocycles. The van der Waals surface area contributed by atoms with Crippen LogP contribution in [-0.2, 0) is 0 Å². The molecule has 1 aromatic carbocycles. The Morgan fingerprint density at radius 2 is 2.19 bits per heavy atom. The Labute approximate surface area is 102 Å². The molecule has 0 saturated carbocycles. The van der Waals surface area contributed by atoms with Gasteiger partial charge in [-0.25, -0.2) is 0 Å². The summed E-state index contributed by atoms with van der Waals surface area (Å²) in [7, 11) is 0. The topological polar surface area (TPSA) is 29.3 Å². The van der Waals surface area contributed by atoms with Gasteiger partial charge in [-0.3, -0.25) is 0 Å². The highest BCUT2D eigenvalue weighted by Gasteiger charge is 2.32. The Balaban J connectivity index is 2.30. The van der Waals surface area contributed by atoms with E-state index in [4.69, 9.17) is 17.3 Å². The second-order valence-electron chi connectivity index (χ2n) is 5.20. The zero-order valence-electron chi connectivity index (χ0n) is 9.91. The molecule has 3 heteroatoms. The van der Waals surface area contributed by atoms with Crippen molar-refractivity contribution >= 4 is 17.3 Å². The molecule has 1 aliphatic heterocycles. The lowest BCUT2D eigenvalue weighted by molar-refractivity contribution is 0.335. The second kappa shape index (κ2) is 4.27. The summed E-state index contributed by atoms with van der Waals surface area (Å²) in [6, 6.07) is 8.29. The first kappa shape index (κ1) is 11.7. The number of nitrogens with two attached hydrogens (primary N) is 1. The van der Waals surface area contributed by atoms with Gasteiger partial charge in [-0.2, -0.15) is 0 Å². The van der Waals surface area contributed by atoms with Gasteiger partial charge in [0, 0.05) is 28.8 Å². The summed E-state index contributed by atoms with van der Waals surface area (Å²) in [4.78, 5) is 2.37. The Morgan fingerprint density at radius 1 is 1.44 bits per heavy atom. The van der Waals surface area contributed by atoms with Crippen molar-refractivity contribution in [1.29, 1.82) is 0 Å². The van der Waals surface area contributed by atoms with Crippen molar-refractivity contribution in [2.24, 2.45) is 5.73 Å². The van der Waals surface area contributed by atoms with Crippen LogP contribution < -0.4 is 10.6 Å². The zero-order chi connectivity index (χ0) is 11.8. The van der Waals surface area contributed by atoms with Crippen LogP contribution in [0.4, 0.5) is 5.69 Å². The molecule has 0 radical (unpaired) electrons. The van der Waals surface area contributed by atoms with Crippen LogP contribution in [0.2, 0.25) is 5.02 Å². The van der Waals surface area contributed by atoms with E-state index in [0.29, 0.717) is 0 Å². The summed E-state index contributed by atoms with van der Waals surface area (Å²) < 4.78 is 0. The maximum absolute atomic E-state index is 6.05. The fourth-order valence-corrected chi connectivity index (χ4v) is 2.53. The molecule has 0 aromatic heterocycles. The van der Waals surface area contributed by atoms with Gasteiger partial charge in [0.2, 0.25) is 0 Å². The van der Waals surface area contributed by atoms with E-state index in [9.17, 15) is 0 Å². The van der Waals surface area contributed by atoms with Crippen LogP contribution in [0.3, 0.4) is 0 Å². The predicted molar refractivity (Wildman–Crippen MR) is 70.1 cm³/mol. The summed E-state index contributed by atoms with van der Waals surface area (Å²) in [5, 5.41) is 0.785. The lowest BCUT2D eigenvalue weighted by atomic mass is 9.88. The minimum atomic E-state index is 0.167. The third-order valence-corrected chi connectivity index (χ3v) is 3.63. The number of rotatable bonds is 1. The van der Waals surface area contributed by atoms with Gasteiger partial charge in [-0.1, -0.05) is 17.7 Å². The van der Waals surface area contributed by atoms with Crippen LogP contribution in [0.15, 0.2) is 24.3 Å². The van der Waals surface area contributed by atoms with Crippen molar-refractivity contribution in [2.45, 2.75) is 38.3 Å². The standard InChI is InChI=1S/C13H19ClN2/c1-13(2)7-6-11(15)9-16(13)12-5-3-4-10(14)8-12/h3-5,8,11H,6-7,9,15H2,1-2H3. The third-order valence-electron chi connectivity index (χ3n) is 3.39. The van der Waals surface area contributed by atoms with Crippen molar-refractivity contribution in [2.75, 3.05) is 11.4 Å². The Hall–Kier alpha value is -0.730. The molecule has 1 saturated heterocycles. The maximum Gasteiger partial charge on any atom is 0.0426 e. The molecular weight excluding hydrogens is 220 g/mol.